The summed E-state index contributed by atoms with van der Waals surface area (Å²) in [4.78, 5) is 28.8. The van der Waals surface area contributed by atoms with Crippen LogP contribution in [-0.4, -0.2) is 50.9 Å². The monoisotopic (exact) mass is 565 g/mol. The van der Waals surface area contributed by atoms with Crippen LogP contribution in [0.2, 0.25) is 0 Å². The van der Waals surface area contributed by atoms with Gasteiger partial charge in [-0.3, -0.25) is 13.9 Å². The van der Waals surface area contributed by atoms with E-state index in [1.54, 1.807) is 49.6 Å². The van der Waals surface area contributed by atoms with Gasteiger partial charge in [0.15, 0.2) is 0 Å². The van der Waals surface area contributed by atoms with E-state index >= 15 is 0 Å². The van der Waals surface area contributed by atoms with Crippen molar-refractivity contribution in [1.82, 2.24) is 10.2 Å². The SMILES string of the molecule is CC[C@H](C(=O)NC(C)C)N(Cc1ccc(OC)cc1)C(=O)CN(c1cccc(C)c1)S(=O)(=O)c1ccc(C)cc1. The first-order valence-electron chi connectivity index (χ1n) is 13.3. The van der Waals surface area contributed by atoms with Crippen LogP contribution in [0.5, 0.6) is 5.75 Å². The Balaban J connectivity index is 2.06. The van der Waals surface area contributed by atoms with Gasteiger partial charge in [-0.25, -0.2) is 8.42 Å². The molecule has 0 aliphatic carbocycles. The van der Waals surface area contributed by atoms with E-state index in [9.17, 15) is 18.0 Å². The predicted molar refractivity (Wildman–Crippen MR) is 158 cm³/mol. The topological polar surface area (TPSA) is 96.0 Å². The van der Waals surface area contributed by atoms with Crippen LogP contribution in [0.4, 0.5) is 5.69 Å². The summed E-state index contributed by atoms with van der Waals surface area (Å²) in [6.45, 7) is 8.94. The summed E-state index contributed by atoms with van der Waals surface area (Å²) >= 11 is 0. The third-order valence-electron chi connectivity index (χ3n) is 6.51. The molecule has 214 valence electrons. The lowest BCUT2D eigenvalue weighted by atomic mass is 10.1. The minimum Gasteiger partial charge on any atom is -0.497 e. The van der Waals surface area contributed by atoms with Crippen LogP contribution in [0.25, 0.3) is 0 Å². The molecule has 0 heterocycles. The quantitative estimate of drug-likeness (QED) is 0.339. The Kier molecular flexibility index (Phi) is 10.3. The molecule has 1 N–H and O–H groups in total. The molecule has 0 bridgehead atoms. The molecule has 0 aromatic heterocycles. The molecule has 0 aliphatic heterocycles. The predicted octanol–water partition coefficient (Wildman–Crippen LogP) is 4.84. The molecule has 40 heavy (non-hydrogen) atoms. The zero-order valence-electron chi connectivity index (χ0n) is 24.0. The lowest BCUT2D eigenvalue weighted by Crippen LogP contribution is -2.53. The summed E-state index contributed by atoms with van der Waals surface area (Å²) in [5.41, 5.74) is 2.93. The molecule has 8 nitrogen and oxygen atoms in total. The molecule has 0 radical (unpaired) electrons. The highest BCUT2D eigenvalue weighted by Gasteiger charge is 2.33. The van der Waals surface area contributed by atoms with Gasteiger partial charge in [0, 0.05) is 12.6 Å². The molecule has 0 fully saturated rings. The fourth-order valence-electron chi connectivity index (χ4n) is 4.38. The molecule has 0 aliphatic rings. The second-order valence-corrected chi connectivity index (χ2v) is 12.0. The minimum absolute atomic E-state index is 0.0821. The molecule has 1 atom stereocenters. The number of anilines is 1. The van der Waals surface area contributed by atoms with Crippen molar-refractivity contribution in [3.05, 3.63) is 89.5 Å². The minimum atomic E-state index is -4.10. The molecule has 0 unspecified atom stereocenters. The molecular weight excluding hydrogens is 526 g/mol. The number of nitrogens with zero attached hydrogens (tertiary/aromatic N) is 2. The van der Waals surface area contributed by atoms with Gasteiger partial charge in [0.05, 0.1) is 17.7 Å². The van der Waals surface area contributed by atoms with Crippen molar-refractivity contribution in [2.45, 2.75) is 64.6 Å². The summed E-state index contributed by atoms with van der Waals surface area (Å²) in [6.07, 6.45) is 0.357. The number of carbonyl (C=O) groups is 2. The van der Waals surface area contributed by atoms with Crippen molar-refractivity contribution in [1.29, 1.82) is 0 Å². The molecule has 9 heteroatoms. The van der Waals surface area contributed by atoms with Gasteiger partial charge in [0.25, 0.3) is 10.0 Å². The fourth-order valence-corrected chi connectivity index (χ4v) is 5.78. The Morgan fingerprint density at radius 2 is 1.57 bits per heavy atom. The van der Waals surface area contributed by atoms with Gasteiger partial charge in [-0.15, -0.1) is 0 Å². The maximum absolute atomic E-state index is 14.1. The molecule has 3 aromatic carbocycles. The van der Waals surface area contributed by atoms with E-state index in [1.165, 1.54) is 17.0 Å². The van der Waals surface area contributed by atoms with E-state index in [0.717, 1.165) is 21.0 Å². The van der Waals surface area contributed by atoms with E-state index < -0.39 is 28.5 Å². The second kappa shape index (κ2) is 13.5. The van der Waals surface area contributed by atoms with Crippen LogP contribution in [-0.2, 0) is 26.2 Å². The fraction of sp³-hybridized carbons (Fsp3) is 0.355. The van der Waals surface area contributed by atoms with Gasteiger partial charge in [-0.05, 0) is 81.6 Å². The van der Waals surface area contributed by atoms with Crippen LogP contribution < -0.4 is 14.4 Å². The zero-order valence-corrected chi connectivity index (χ0v) is 24.9. The molecule has 3 aromatic rings. The lowest BCUT2D eigenvalue weighted by Gasteiger charge is -2.33. The Labute approximate surface area is 238 Å². The third-order valence-corrected chi connectivity index (χ3v) is 8.29. The number of sulfonamides is 1. The summed E-state index contributed by atoms with van der Waals surface area (Å²) in [7, 11) is -2.53. The largest absolute Gasteiger partial charge is 0.497 e. The number of carbonyl (C=O) groups excluding carboxylic acids is 2. The Bertz CT molecular complexity index is 1400. The first kappa shape index (κ1) is 30.7. The van der Waals surface area contributed by atoms with Gasteiger partial charge in [0.1, 0.15) is 18.3 Å². The van der Waals surface area contributed by atoms with E-state index in [4.69, 9.17) is 4.74 Å². The molecular formula is C31H39N3O5S. The van der Waals surface area contributed by atoms with Gasteiger partial charge < -0.3 is 15.0 Å². The number of hydrogen-bond donors (Lipinski definition) is 1. The van der Waals surface area contributed by atoms with Gasteiger partial charge >= 0.3 is 0 Å². The summed E-state index contributed by atoms with van der Waals surface area (Å²) in [6, 6.07) is 19.9. The van der Waals surface area contributed by atoms with Crippen molar-refractivity contribution < 1.29 is 22.7 Å². The number of amides is 2. The average Bonchev–Trinajstić information content (AvgIpc) is 2.91. The van der Waals surface area contributed by atoms with Gasteiger partial charge in [-0.1, -0.05) is 48.9 Å². The molecule has 3 rings (SSSR count). The smallest absolute Gasteiger partial charge is 0.264 e. The first-order chi connectivity index (χ1) is 19.0. The highest BCUT2D eigenvalue weighted by Crippen LogP contribution is 2.26. The molecule has 2 amide bonds. The maximum atomic E-state index is 14.1. The highest BCUT2D eigenvalue weighted by molar-refractivity contribution is 7.92. The van der Waals surface area contributed by atoms with Crippen LogP contribution in [0.15, 0.2) is 77.7 Å². The van der Waals surface area contributed by atoms with Crippen LogP contribution in [0.1, 0.15) is 43.9 Å². The number of aryl methyl sites for hydroxylation is 2. The number of benzene rings is 3. The van der Waals surface area contributed by atoms with Crippen molar-refractivity contribution >= 4 is 27.5 Å². The van der Waals surface area contributed by atoms with Crippen molar-refractivity contribution in [3.63, 3.8) is 0 Å². The highest BCUT2D eigenvalue weighted by atomic mass is 32.2. The number of nitrogens with one attached hydrogen (secondary N) is 1. The van der Waals surface area contributed by atoms with Crippen LogP contribution >= 0.6 is 0 Å². The number of ether oxygens (including phenoxy) is 1. The molecule has 0 saturated heterocycles. The number of methoxy groups -OCH3 is 1. The van der Waals surface area contributed by atoms with Crippen LogP contribution in [0, 0.1) is 13.8 Å². The van der Waals surface area contributed by atoms with E-state index in [0.29, 0.717) is 17.9 Å². The normalized spacial score (nSPS) is 12.1. The van der Waals surface area contributed by atoms with Crippen molar-refractivity contribution in [3.8, 4) is 5.75 Å². The number of hydrogen-bond acceptors (Lipinski definition) is 5. The molecule has 0 saturated carbocycles. The summed E-state index contributed by atoms with van der Waals surface area (Å²) in [5, 5.41) is 2.90. The van der Waals surface area contributed by atoms with Crippen molar-refractivity contribution in [2.75, 3.05) is 18.0 Å². The van der Waals surface area contributed by atoms with Gasteiger partial charge in [0.2, 0.25) is 11.8 Å². The van der Waals surface area contributed by atoms with Gasteiger partial charge in [-0.2, -0.15) is 0 Å². The van der Waals surface area contributed by atoms with Crippen LogP contribution in [0.3, 0.4) is 0 Å². The average molecular weight is 566 g/mol. The first-order valence-corrected chi connectivity index (χ1v) is 14.8. The Morgan fingerprint density at radius 3 is 2.12 bits per heavy atom. The third kappa shape index (κ3) is 7.63. The van der Waals surface area contributed by atoms with E-state index in [2.05, 4.69) is 5.32 Å². The Morgan fingerprint density at radius 1 is 0.925 bits per heavy atom. The summed E-state index contributed by atoms with van der Waals surface area (Å²) in [5.74, 6) is -0.109. The summed E-state index contributed by atoms with van der Waals surface area (Å²) < 4.78 is 34.2. The van der Waals surface area contributed by atoms with Crippen molar-refractivity contribution in [2.24, 2.45) is 0 Å². The second-order valence-electron chi connectivity index (χ2n) is 10.1. The van der Waals surface area contributed by atoms with E-state index in [-0.39, 0.29) is 23.4 Å². The molecule has 0 spiro atoms. The standard InChI is InChI=1S/C31H39N3O5S/c1-7-29(31(36)32-22(2)3)33(20-25-13-15-27(39-6)16-14-25)30(35)21-34(26-10-8-9-24(5)19-26)40(37,38)28-17-11-23(4)12-18-28/h8-19,22,29H,7,20-21H2,1-6H3,(H,32,36)/t29-/m1/s1. The maximum Gasteiger partial charge on any atom is 0.264 e. The Hall–Kier alpha value is -3.85. The van der Waals surface area contributed by atoms with E-state index in [1.807, 2.05) is 52.8 Å². The lowest BCUT2D eigenvalue weighted by molar-refractivity contribution is -0.140. The zero-order chi connectivity index (χ0) is 29.4. The number of rotatable bonds is 12.